The third kappa shape index (κ3) is 2.14. The summed E-state index contributed by atoms with van der Waals surface area (Å²) in [6, 6.07) is 0. The summed E-state index contributed by atoms with van der Waals surface area (Å²) in [5.74, 6) is 0. The Labute approximate surface area is 134 Å². The minimum atomic E-state index is 0.860. The van der Waals surface area contributed by atoms with Crippen LogP contribution in [0.2, 0.25) is 10.6 Å². The van der Waals surface area contributed by atoms with Gasteiger partial charge in [0.25, 0.3) is 0 Å². The van der Waals surface area contributed by atoms with E-state index in [1.54, 1.807) is 10.6 Å². The van der Waals surface area contributed by atoms with Gasteiger partial charge in [0.05, 0.1) is 0 Å². The first-order valence-electron chi connectivity index (χ1n) is 5.08. The Bertz CT molecular complexity index is 380. The second-order valence-electron chi connectivity index (χ2n) is 3.60. The molecule has 0 spiro atoms. The van der Waals surface area contributed by atoms with Crippen molar-refractivity contribution in [3.8, 4) is 0 Å². The van der Waals surface area contributed by atoms with Crippen LogP contribution >= 0.6 is 0 Å². The molecule has 4 heterocycles. The van der Waals surface area contributed by atoms with Gasteiger partial charge in [-0.2, -0.15) is 0 Å². The fraction of sp³-hybridized carbons (Fsp3) is 0.400. The SMILES string of the molecule is C1CC2=C([Se]1)[Se]/C(=C1\[Se]C3=C([Se]CC3)[Se]1)[Se]2. The molecule has 0 aromatic carbocycles. The predicted octanol–water partition coefficient (Wildman–Crippen LogP) is 0.348. The van der Waals surface area contributed by atoms with Crippen molar-refractivity contribution in [3.63, 3.8) is 0 Å². The van der Waals surface area contributed by atoms with Crippen LogP contribution in [0.25, 0.3) is 0 Å². The van der Waals surface area contributed by atoms with E-state index in [1.807, 2.05) is 22.4 Å². The summed E-state index contributed by atoms with van der Waals surface area (Å²) >= 11 is 5.35. The molecule has 0 saturated carbocycles. The molecule has 0 nitrogen and oxygen atoms in total. The second-order valence-corrected chi connectivity index (χ2v) is 22.4. The van der Waals surface area contributed by atoms with Crippen LogP contribution < -0.4 is 0 Å². The molecule has 4 aliphatic heterocycles. The molecule has 0 aromatic heterocycles. The summed E-state index contributed by atoms with van der Waals surface area (Å²) in [4.78, 5) is 0. The van der Waals surface area contributed by atoms with Crippen molar-refractivity contribution in [3.05, 3.63) is 22.4 Å². The van der Waals surface area contributed by atoms with Gasteiger partial charge in [0.1, 0.15) is 0 Å². The molecule has 0 aliphatic carbocycles. The molecule has 0 saturated heterocycles. The quantitative estimate of drug-likeness (QED) is 0.352. The maximum absolute atomic E-state index is 2.04. The average molecular weight is 602 g/mol. The third-order valence-electron chi connectivity index (χ3n) is 2.55. The Morgan fingerprint density at radius 2 is 1.06 bits per heavy atom. The molecule has 0 bridgehead atoms. The first-order chi connectivity index (χ1) is 7.90. The van der Waals surface area contributed by atoms with Gasteiger partial charge in [0.15, 0.2) is 0 Å². The van der Waals surface area contributed by atoms with E-state index < -0.39 is 0 Å². The van der Waals surface area contributed by atoms with Crippen LogP contribution in [0.15, 0.2) is 22.4 Å². The van der Waals surface area contributed by atoms with E-state index >= 15 is 0 Å². The number of hydrogen-bond donors (Lipinski definition) is 0. The Morgan fingerprint density at radius 1 is 0.562 bits per heavy atom. The molecular weight excluding hydrogens is 594 g/mol. The van der Waals surface area contributed by atoms with Gasteiger partial charge < -0.3 is 0 Å². The second kappa shape index (κ2) is 5.03. The molecule has 4 aliphatic rings. The summed E-state index contributed by atoms with van der Waals surface area (Å²) in [5, 5.41) is 3.11. The molecule has 6 heteroatoms. The molecule has 16 heavy (non-hydrogen) atoms. The summed E-state index contributed by atoms with van der Waals surface area (Å²) in [6.45, 7) is 0. The Kier molecular flexibility index (Phi) is 3.80. The van der Waals surface area contributed by atoms with Crippen molar-refractivity contribution in [1.29, 1.82) is 0 Å². The van der Waals surface area contributed by atoms with Crippen molar-refractivity contribution in [2.45, 2.75) is 23.5 Å². The monoisotopic (exact) mass is 608 g/mol. The first kappa shape index (κ1) is 12.1. The topological polar surface area (TPSA) is 0 Å². The molecule has 4 rings (SSSR count). The zero-order chi connectivity index (χ0) is 10.5. The maximum atomic E-state index is 2.04. The zero-order valence-corrected chi connectivity index (χ0v) is 18.6. The van der Waals surface area contributed by atoms with Crippen molar-refractivity contribution in [1.82, 2.24) is 0 Å². The van der Waals surface area contributed by atoms with Gasteiger partial charge in [-0.3, -0.25) is 0 Å². The zero-order valence-electron chi connectivity index (χ0n) is 8.28. The van der Waals surface area contributed by atoms with Crippen LogP contribution in [0.4, 0.5) is 0 Å². The van der Waals surface area contributed by atoms with Gasteiger partial charge >= 0.3 is 136 Å². The standard InChI is InChI=1S/C10H8Se6/c1-3-11-7-5(1)13-9(15-7)10-14-6-2-4-12-8(6)16-10/h1-4H2/b10-9+. The summed E-state index contributed by atoms with van der Waals surface area (Å²) in [7, 11) is 0. The average Bonchev–Trinajstić information content (AvgIpc) is 2.94. The van der Waals surface area contributed by atoms with E-state index in [1.165, 1.54) is 12.8 Å². The van der Waals surface area contributed by atoms with E-state index in [9.17, 15) is 0 Å². The number of rotatable bonds is 0. The predicted molar refractivity (Wildman–Crippen MR) is 74.5 cm³/mol. The van der Waals surface area contributed by atoms with Gasteiger partial charge in [-0.25, -0.2) is 0 Å². The minimum absolute atomic E-state index is 0.860. The van der Waals surface area contributed by atoms with E-state index in [0.29, 0.717) is 0 Å². The molecular formula is C10H8Se6. The number of allylic oxidation sites excluding steroid dienone is 2. The van der Waals surface area contributed by atoms with Crippen molar-refractivity contribution in [2.24, 2.45) is 0 Å². The molecule has 0 aromatic rings. The fourth-order valence-corrected chi connectivity index (χ4v) is 31.4. The molecule has 0 fully saturated rings. The van der Waals surface area contributed by atoms with Gasteiger partial charge in [0.2, 0.25) is 0 Å². The van der Waals surface area contributed by atoms with Crippen LogP contribution in [0.1, 0.15) is 12.8 Å². The van der Waals surface area contributed by atoms with Gasteiger partial charge in [0, 0.05) is 0 Å². The van der Waals surface area contributed by atoms with Crippen molar-refractivity contribution in [2.75, 3.05) is 0 Å². The van der Waals surface area contributed by atoms with Crippen LogP contribution in [0.3, 0.4) is 0 Å². The molecule has 0 unspecified atom stereocenters. The normalized spacial score (nSPS) is 33.0. The van der Waals surface area contributed by atoms with Gasteiger partial charge in [-0.05, 0) is 0 Å². The Morgan fingerprint density at radius 3 is 1.50 bits per heavy atom. The van der Waals surface area contributed by atoms with Crippen LogP contribution in [0.5, 0.6) is 0 Å². The summed E-state index contributed by atoms with van der Waals surface area (Å²) in [6.07, 6.45) is 3.01. The fourth-order valence-electron chi connectivity index (χ4n) is 1.80. The summed E-state index contributed by atoms with van der Waals surface area (Å²) < 4.78 is 12.0. The third-order valence-corrected chi connectivity index (χ3v) is 27.5. The molecule has 0 amide bonds. The van der Waals surface area contributed by atoms with Crippen LogP contribution in [0, 0.1) is 0 Å². The van der Waals surface area contributed by atoms with E-state index in [0.717, 1.165) is 89.7 Å². The van der Waals surface area contributed by atoms with Crippen molar-refractivity contribution < 1.29 is 0 Å². The molecule has 0 atom stereocenters. The van der Waals surface area contributed by atoms with Gasteiger partial charge in [-0.15, -0.1) is 0 Å². The Balaban J connectivity index is 1.56. The van der Waals surface area contributed by atoms with Crippen molar-refractivity contribution >= 4 is 89.7 Å². The number of hydrogen-bond acceptors (Lipinski definition) is 0. The molecule has 84 valence electrons. The van der Waals surface area contributed by atoms with Gasteiger partial charge in [-0.1, -0.05) is 0 Å². The molecule has 0 radical (unpaired) electrons. The summed E-state index contributed by atoms with van der Waals surface area (Å²) in [5.41, 5.74) is 0. The van der Waals surface area contributed by atoms with E-state index in [4.69, 9.17) is 0 Å². The Hall–Kier alpha value is 2.34. The van der Waals surface area contributed by atoms with Crippen LogP contribution in [-0.2, 0) is 0 Å². The van der Waals surface area contributed by atoms with E-state index in [-0.39, 0.29) is 0 Å². The van der Waals surface area contributed by atoms with E-state index in [2.05, 4.69) is 0 Å². The first-order valence-corrected chi connectivity index (χ1v) is 16.1. The van der Waals surface area contributed by atoms with Crippen LogP contribution in [-0.4, -0.2) is 89.7 Å². The molecule has 0 N–H and O–H groups in total.